The highest BCUT2D eigenvalue weighted by Crippen LogP contribution is 2.11. The SMILES string of the molecule is COc1nc(NCC(=O)NC(C)(C)C)nc(OC)n1. The van der Waals surface area contributed by atoms with Crippen LogP contribution in [0.4, 0.5) is 5.95 Å². The second kappa shape index (κ2) is 6.17. The van der Waals surface area contributed by atoms with Crippen LogP contribution in [0.25, 0.3) is 0 Å². The van der Waals surface area contributed by atoms with Gasteiger partial charge in [0.15, 0.2) is 0 Å². The van der Waals surface area contributed by atoms with Crippen LogP contribution in [0.3, 0.4) is 0 Å². The third-order valence-electron chi connectivity index (χ3n) is 1.88. The molecule has 0 radical (unpaired) electrons. The van der Waals surface area contributed by atoms with E-state index in [2.05, 4.69) is 25.6 Å². The van der Waals surface area contributed by atoms with Crippen LogP contribution < -0.4 is 20.1 Å². The van der Waals surface area contributed by atoms with E-state index in [1.54, 1.807) is 0 Å². The maximum Gasteiger partial charge on any atom is 0.324 e. The number of nitrogens with one attached hydrogen (secondary N) is 2. The molecule has 0 saturated heterocycles. The summed E-state index contributed by atoms with van der Waals surface area (Å²) in [5, 5.41) is 5.59. The van der Waals surface area contributed by atoms with E-state index >= 15 is 0 Å². The summed E-state index contributed by atoms with van der Waals surface area (Å²) in [4.78, 5) is 23.4. The summed E-state index contributed by atoms with van der Waals surface area (Å²) < 4.78 is 9.80. The lowest BCUT2D eigenvalue weighted by atomic mass is 10.1. The molecular formula is C11H19N5O3. The summed E-state index contributed by atoms with van der Waals surface area (Å²) in [7, 11) is 2.87. The standard InChI is InChI=1S/C11H19N5O3/c1-11(2,3)16-7(17)6-12-8-13-9(18-4)15-10(14-8)19-5/h6H2,1-5H3,(H,16,17)(H,12,13,14,15). The van der Waals surface area contributed by atoms with Crippen molar-refractivity contribution in [1.29, 1.82) is 0 Å². The van der Waals surface area contributed by atoms with Crippen LogP contribution >= 0.6 is 0 Å². The van der Waals surface area contributed by atoms with Crippen molar-refractivity contribution in [3.8, 4) is 12.0 Å². The van der Waals surface area contributed by atoms with Gasteiger partial charge in [-0.1, -0.05) is 0 Å². The number of carbonyl (C=O) groups is 1. The van der Waals surface area contributed by atoms with Crippen LogP contribution in [0.5, 0.6) is 12.0 Å². The molecule has 2 N–H and O–H groups in total. The van der Waals surface area contributed by atoms with E-state index in [0.717, 1.165) is 0 Å². The predicted octanol–water partition coefficient (Wildman–Crippen LogP) is 0.215. The van der Waals surface area contributed by atoms with Crippen molar-refractivity contribution in [2.75, 3.05) is 26.1 Å². The van der Waals surface area contributed by atoms with Crippen molar-refractivity contribution in [2.45, 2.75) is 26.3 Å². The highest BCUT2D eigenvalue weighted by Gasteiger charge is 2.14. The van der Waals surface area contributed by atoms with E-state index < -0.39 is 0 Å². The Morgan fingerprint density at radius 1 is 1.11 bits per heavy atom. The summed E-state index contributed by atoms with van der Waals surface area (Å²) in [5.74, 6) is 0.0543. The van der Waals surface area contributed by atoms with Crippen LogP contribution in [0.1, 0.15) is 20.8 Å². The monoisotopic (exact) mass is 269 g/mol. The number of methoxy groups -OCH3 is 2. The van der Waals surface area contributed by atoms with Crippen molar-refractivity contribution in [1.82, 2.24) is 20.3 Å². The molecule has 0 bridgehead atoms. The fourth-order valence-corrected chi connectivity index (χ4v) is 1.22. The molecule has 0 fully saturated rings. The number of carbonyl (C=O) groups excluding carboxylic acids is 1. The first-order valence-corrected chi connectivity index (χ1v) is 5.73. The van der Waals surface area contributed by atoms with Crippen molar-refractivity contribution in [2.24, 2.45) is 0 Å². The maximum atomic E-state index is 11.6. The molecule has 0 aromatic carbocycles. The lowest BCUT2D eigenvalue weighted by Gasteiger charge is -2.20. The first-order chi connectivity index (χ1) is 8.84. The van der Waals surface area contributed by atoms with Gasteiger partial charge in [-0.2, -0.15) is 9.97 Å². The molecule has 8 heteroatoms. The Balaban J connectivity index is 2.64. The number of aromatic nitrogens is 3. The first kappa shape index (κ1) is 14.9. The van der Waals surface area contributed by atoms with E-state index in [-0.39, 0.29) is 36.0 Å². The van der Waals surface area contributed by atoms with Gasteiger partial charge in [0.1, 0.15) is 0 Å². The molecule has 1 rings (SSSR count). The van der Waals surface area contributed by atoms with Gasteiger partial charge in [-0.25, -0.2) is 0 Å². The third kappa shape index (κ3) is 5.36. The molecule has 0 aliphatic heterocycles. The average Bonchev–Trinajstić information content (AvgIpc) is 2.33. The fourth-order valence-electron chi connectivity index (χ4n) is 1.22. The van der Waals surface area contributed by atoms with Crippen LogP contribution in [-0.2, 0) is 4.79 Å². The number of ether oxygens (including phenoxy) is 2. The zero-order valence-electron chi connectivity index (χ0n) is 11.8. The Morgan fingerprint density at radius 2 is 1.63 bits per heavy atom. The Morgan fingerprint density at radius 3 is 2.05 bits per heavy atom. The topological polar surface area (TPSA) is 98.3 Å². The van der Waals surface area contributed by atoms with Gasteiger partial charge in [0.2, 0.25) is 11.9 Å². The van der Waals surface area contributed by atoms with Crippen LogP contribution in [0, 0.1) is 0 Å². The molecule has 0 atom stereocenters. The molecule has 0 aliphatic carbocycles. The maximum absolute atomic E-state index is 11.6. The number of anilines is 1. The molecule has 0 unspecified atom stereocenters. The molecule has 19 heavy (non-hydrogen) atoms. The van der Waals surface area contributed by atoms with Crippen molar-refractivity contribution >= 4 is 11.9 Å². The molecule has 8 nitrogen and oxygen atoms in total. The molecule has 0 aliphatic rings. The quantitative estimate of drug-likeness (QED) is 0.788. The summed E-state index contributed by atoms with van der Waals surface area (Å²) in [6, 6.07) is 0.233. The van der Waals surface area contributed by atoms with Gasteiger partial charge < -0.3 is 20.1 Å². The number of rotatable bonds is 5. The fraction of sp³-hybridized carbons (Fsp3) is 0.636. The van der Waals surface area contributed by atoms with E-state index in [9.17, 15) is 4.79 Å². The summed E-state index contributed by atoms with van der Waals surface area (Å²) in [6.45, 7) is 5.76. The normalized spacial score (nSPS) is 10.8. The van der Waals surface area contributed by atoms with E-state index in [4.69, 9.17) is 9.47 Å². The molecule has 0 spiro atoms. The molecule has 106 valence electrons. The average molecular weight is 269 g/mol. The Bertz CT molecular complexity index is 422. The van der Waals surface area contributed by atoms with Crippen molar-refractivity contribution in [3.63, 3.8) is 0 Å². The van der Waals surface area contributed by atoms with E-state index in [1.807, 2.05) is 20.8 Å². The number of hydrogen-bond acceptors (Lipinski definition) is 7. The van der Waals surface area contributed by atoms with Gasteiger partial charge in [0, 0.05) is 5.54 Å². The lowest BCUT2D eigenvalue weighted by Crippen LogP contribution is -2.43. The Labute approximate surface area is 111 Å². The van der Waals surface area contributed by atoms with Gasteiger partial charge in [-0.3, -0.25) is 4.79 Å². The summed E-state index contributed by atoms with van der Waals surface area (Å²) >= 11 is 0. The number of hydrogen-bond donors (Lipinski definition) is 2. The van der Waals surface area contributed by atoms with Crippen molar-refractivity contribution in [3.05, 3.63) is 0 Å². The smallest absolute Gasteiger partial charge is 0.324 e. The van der Waals surface area contributed by atoms with Gasteiger partial charge in [0.25, 0.3) is 0 Å². The largest absolute Gasteiger partial charge is 0.467 e. The van der Waals surface area contributed by atoms with Crippen LogP contribution in [0.2, 0.25) is 0 Å². The van der Waals surface area contributed by atoms with Gasteiger partial charge in [-0.15, -0.1) is 4.98 Å². The minimum Gasteiger partial charge on any atom is -0.467 e. The Hall–Kier alpha value is -2.12. The van der Waals surface area contributed by atoms with Gasteiger partial charge in [0.05, 0.1) is 20.8 Å². The predicted molar refractivity (Wildman–Crippen MR) is 69.3 cm³/mol. The summed E-state index contributed by atoms with van der Waals surface area (Å²) in [6.07, 6.45) is 0. The van der Waals surface area contributed by atoms with Crippen LogP contribution in [-0.4, -0.2) is 47.2 Å². The number of amides is 1. The second-order valence-corrected chi connectivity index (χ2v) is 4.78. The molecule has 0 saturated carbocycles. The van der Waals surface area contributed by atoms with E-state index in [0.29, 0.717) is 0 Å². The van der Waals surface area contributed by atoms with Crippen LogP contribution in [0.15, 0.2) is 0 Å². The van der Waals surface area contributed by atoms with Gasteiger partial charge >= 0.3 is 12.0 Å². The second-order valence-electron chi connectivity index (χ2n) is 4.78. The van der Waals surface area contributed by atoms with E-state index in [1.165, 1.54) is 14.2 Å². The molecule has 1 amide bonds. The lowest BCUT2D eigenvalue weighted by molar-refractivity contribution is -0.120. The Kier molecular flexibility index (Phi) is 4.85. The molecule has 1 aromatic rings. The molecule has 1 aromatic heterocycles. The first-order valence-electron chi connectivity index (χ1n) is 5.73. The number of nitrogens with zero attached hydrogens (tertiary/aromatic N) is 3. The van der Waals surface area contributed by atoms with Crippen molar-refractivity contribution < 1.29 is 14.3 Å². The highest BCUT2D eigenvalue weighted by molar-refractivity contribution is 5.80. The minimum atomic E-state index is -0.284. The zero-order chi connectivity index (χ0) is 14.5. The molecule has 1 heterocycles. The summed E-state index contributed by atoms with van der Waals surface area (Å²) in [5.41, 5.74) is -0.284. The highest BCUT2D eigenvalue weighted by atomic mass is 16.5. The third-order valence-corrected chi connectivity index (χ3v) is 1.88. The van der Waals surface area contributed by atoms with Gasteiger partial charge in [-0.05, 0) is 20.8 Å². The molecular weight excluding hydrogens is 250 g/mol. The zero-order valence-corrected chi connectivity index (χ0v) is 11.8. The minimum absolute atomic E-state index is 0.0492.